The van der Waals surface area contributed by atoms with Gasteiger partial charge in [0.05, 0.1) is 0 Å². The molecule has 0 atom stereocenters. The van der Waals surface area contributed by atoms with Crippen molar-refractivity contribution in [3.8, 4) is 0 Å². The fraction of sp³-hybridized carbons (Fsp3) is 0.600. The molecule has 0 bridgehead atoms. The number of nitrogens with one attached hydrogen (secondary N) is 1. The van der Waals surface area contributed by atoms with E-state index in [0.717, 1.165) is 0 Å². The minimum absolute atomic E-state index is 0.0934. The van der Waals surface area contributed by atoms with Crippen molar-refractivity contribution in [2.45, 2.75) is 13.8 Å². The van der Waals surface area contributed by atoms with Gasteiger partial charge in [-0.1, -0.05) is 19.3 Å². The number of carbonyl (C=O) groups is 1. The van der Waals surface area contributed by atoms with Crippen molar-refractivity contribution >= 4 is 5.91 Å². The third kappa shape index (κ3) is 2.19. The van der Waals surface area contributed by atoms with E-state index in [0.29, 0.717) is 0 Å². The van der Waals surface area contributed by atoms with E-state index in [1.165, 1.54) is 0 Å². The number of hydrogen-bond acceptors (Lipinski definition) is 1. The Morgan fingerprint density at radius 1 is 1.75 bits per heavy atom. The summed E-state index contributed by atoms with van der Waals surface area (Å²) in [5, 5.41) is 0. The molecule has 3 nitrogen and oxygen atoms in total. The van der Waals surface area contributed by atoms with E-state index in [4.69, 9.17) is 6.57 Å². The molecule has 0 saturated carbocycles. The SMILES string of the molecule is [C-]#[N+]NC(=O)C(C)C. The quantitative estimate of drug-likeness (QED) is 0.391. The van der Waals surface area contributed by atoms with Gasteiger partial charge in [-0.3, -0.25) is 4.79 Å². The molecule has 0 aromatic heterocycles. The van der Waals surface area contributed by atoms with E-state index in [1.807, 2.05) is 5.43 Å². The predicted molar refractivity (Wildman–Crippen MR) is 29.6 cm³/mol. The van der Waals surface area contributed by atoms with Crippen LogP contribution in [0.5, 0.6) is 0 Å². The van der Waals surface area contributed by atoms with Crippen molar-refractivity contribution in [2.75, 3.05) is 0 Å². The average molecular weight is 112 g/mol. The molecule has 0 heterocycles. The Balaban J connectivity index is 3.53. The summed E-state index contributed by atoms with van der Waals surface area (Å²) in [6.07, 6.45) is 0. The van der Waals surface area contributed by atoms with Gasteiger partial charge >= 0.3 is 0 Å². The van der Waals surface area contributed by atoms with Crippen LogP contribution < -0.4 is 5.43 Å². The van der Waals surface area contributed by atoms with E-state index >= 15 is 0 Å². The molecule has 1 amide bonds. The van der Waals surface area contributed by atoms with Crippen molar-refractivity contribution < 1.29 is 4.79 Å². The van der Waals surface area contributed by atoms with E-state index in [9.17, 15) is 4.79 Å². The van der Waals surface area contributed by atoms with Gasteiger partial charge in [0.25, 0.3) is 5.91 Å². The van der Waals surface area contributed by atoms with Crippen LogP contribution in [0, 0.1) is 12.5 Å². The van der Waals surface area contributed by atoms with Crippen LogP contribution in [-0.2, 0) is 4.79 Å². The highest BCUT2D eigenvalue weighted by Crippen LogP contribution is 1.88. The molecule has 44 valence electrons. The number of nitrogens with zero attached hydrogens (tertiary/aromatic N) is 1. The van der Waals surface area contributed by atoms with Crippen molar-refractivity contribution in [3.63, 3.8) is 0 Å². The summed E-state index contributed by atoms with van der Waals surface area (Å²) < 4.78 is 0. The Labute approximate surface area is 48.5 Å². The first-order valence-corrected chi connectivity index (χ1v) is 2.34. The summed E-state index contributed by atoms with van der Waals surface area (Å²) in [6.45, 7) is 9.69. The van der Waals surface area contributed by atoms with Gasteiger partial charge in [-0.25, -0.2) is 0 Å². The molecule has 0 aromatic carbocycles. The van der Waals surface area contributed by atoms with Gasteiger partial charge in [-0.2, -0.15) is 11.5 Å². The van der Waals surface area contributed by atoms with Crippen LogP contribution in [-0.4, -0.2) is 5.91 Å². The molecule has 0 aliphatic heterocycles. The van der Waals surface area contributed by atoms with Gasteiger partial charge in [-0.15, -0.1) is 0 Å². The van der Waals surface area contributed by atoms with E-state index in [1.54, 1.807) is 13.8 Å². The molecule has 0 rings (SSSR count). The first-order valence-electron chi connectivity index (χ1n) is 2.34. The summed E-state index contributed by atoms with van der Waals surface area (Å²) in [4.78, 5) is 13.1. The molecule has 0 aliphatic rings. The zero-order valence-electron chi connectivity index (χ0n) is 4.93. The summed E-state index contributed by atoms with van der Waals surface area (Å²) in [7, 11) is 0. The Hall–Kier alpha value is -1.04. The van der Waals surface area contributed by atoms with Crippen LogP contribution >= 0.6 is 0 Å². The third-order valence-electron chi connectivity index (χ3n) is 0.690. The Morgan fingerprint density at radius 3 is 2.38 bits per heavy atom. The van der Waals surface area contributed by atoms with Crippen LogP contribution in [0.15, 0.2) is 0 Å². The van der Waals surface area contributed by atoms with Gasteiger partial charge in [0.15, 0.2) is 0 Å². The minimum atomic E-state index is -0.222. The number of rotatable bonds is 1. The number of hydrogen-bond donors (Lipinski definition) is 1. The van der Waals surface area contributed by atoms with Gasteiger partial charge in [-0.05, 0) is 0 Å². The van der Waals surface area contributed by atoms with Gasteiger partial charge in [0.2, 0.25) is 0 Å². The fourth-order valence-corrected chi connectivity index (χ4v) is 0.184. The van der Waals surface area contributed by atoms with Crippen LogP contribution in [0.4, 0.5) is 0 Å². The zero-order chi connectivity index (χ0) is 6.57. The molecule has 0 saturated heterocycles. The molecular weight excluding hydrogens is 104 g/mol. The molecular formula is C5H8N2O. The summed E-state index contributed by atoms with van der Waals surface area (Å²) >= 11 is 0. The van der Waals surface area contributed by atoms with E-state index < -0.39 is 0 Å². The Morgan fingerprint density at radius 2 is 2.25 bits per heavy atom. The normalized spacial score (nSPS) is 8.25. The molecule has 0 aromatic rings. The maximum Gasteiger partial charge on any atom is 0.290 e. The maximum atomic E-state index is 10.4. The Kier molecular flexibility index (Phi) is 2.63. The molecule has 0 radical (unpaired) electrons. The highest BCUT2D eigenvalue weighted by Gasteiger charge is 2.06. The van der Waals surface area contributed by atoms with Crippen LogP contribution in [0.2, 0.25) is 0 Å². The third-order valence-corrected chi connectivity index (χ3v) is 0.690. The van der Waals surface area contributed by atoms with Crippen LogP contribution in [0.1, 0.15) is 13.8 Å². The number of carbonyl (C=O) groups excluding carboxylic acids is 1. The predicted octanol–water partition coefficient (Wildman–Crippen LogP) is 0.593. The second kappa shape index (κ2) is 3.03. The monoisotopic (exact) mass is 112 g/mol. The van der Waals surface area contributed by atoms with Crippen molar-refractivity contribution in [2.24, 2.45) is 5.92 Å². The lowest BCUT2D eigenvalue weighted by Crippen LogP contribution is -2.20. The highest BCUT2D eigenvalue weighted by atomic mass is 16.2. The fourth-order valence-electron chi connectivity index (χ4n) is 0.184. The molecule has 8 heavy (non-hydrogen) atoms. The largest absolute Gasteiger partial charge is 0.290 e. The van der Waals surface area contributed by atoms with E-state index in [-0.39, 0.29) is 11.8 Å². The Bertz CT molecular complexity index is 123. The molecule has 0 aliphatic carbocycles. The second-order valence-electron chi connectivity index (χ2n) is 1.74. The molecule has 0 fully saturated rings. The van der Waals surface area contributed by atoms with Crippen LogP contribution in [0.25, 0.3) is 4.95 Å². The maximum absolute atomic E-state index is 10.4. The first-order chi connectivity index (χ1) is 3.68. The molecule has 0 spiro atoms. The smallest absolute Gasteiger partial charge is 0.268 e. The van der Waals surface area contributed by atoms with Crippen LogP contribution in [0.3, 0.4) is 0 Å². The second-order valence-corrected chi connectivity index (χ2v) is 1.74. The lowest BCUT2D eigenvalue weighted by molar-refractivity contribution is -0.123. The van der Waals surface area contributed by atoms with Crippen molar-refractivity contribution in [3.05, 3.63) is 11.5 Å². The van der Waals surface area contributed by atoms with Crippen molar-refractivity contribution in [1.82, 2.24) is 5.43 Å². The summed E-state index contributed by atoms with van der Waals surface area (Å²) in [5.41, 5.74) is 2.00. The molecule has 1 N–H and O–H groups in total. The summed E-state index contributed by atoms with van der Waals surface area (Å²) in [5.74, 6) is -0.316. The lowest BCUT2D eigenvalue weighted by atomic mass is 10.2. The summed E-state index contributed by atoms with van der Waals surface area (Å²) in [6, 6.07) is 0. The lowest BCUT2D eigenvalue weighted by Gasteiger charge is -1.93. The topological polar surface area (TPSA) is 33.5 Å². The minimum Gasteiger partial charge on any atom is -0.268 e. The van der Waals surface area contributed by atoms with Crippen molar-refractivity contribution in [1.29, 1.82) is 0 Å². The first kappa shape index (κ1) is 6.96. The van der Waals surface area contributed by atoms with E-state index in [2.05, 4.69) is 4.95 Å². The van der Waals surface area contributed by atoms with Gasteiger partial charge in [0, 0.05) is 5.92 Å². The van der Waals surface area contributed by atoms with Gasteiger partial charge < -0.3 is 0 Å². The number of amides is 1. The average Bonchev–Trinajstić information content (AvgIpc) is 1.67. The standard InChI is InChI=1S/C5H8N2O/c1-4(2)5(8)7-6-3/h4H,1-2H3,(H,7,8). The molecule has 3 heteroatoms. The highest BCUT2D eigenvalue weighted by molar-refractivity contribution is 5.78. The zero-order valence-corrected chi connectivity index (χ0v) is 4.93. The molecule has 0 unspecified atom stereocenters. The van der Waals surface area contributed by atoms with Gasteiger partial charge in [0.1, 0.15) is 0 Å².